The maximum atomic E-state index is 2.46. The minimum absolute atomic E-state index is 0.117. The Balaban J connectivity index is 1.08. The topological polar surface area (TPSA) is 0 Å². The highest BCUT2D eigenvalue weighted by molar-refractivity contribution is 5.99. The van der Waals surface area contributed by atoms with Crippen molar-refractivity contribution in [2.75, 3.05) is 0 Å². The lowest BCUT2D eigenvalue weighted by atomic mass is 9.80. The molecule has 51 heavy (non-hydrogen) atoms. The van der Waals surface area contributed by atoms with E-state index in [0.29, 0.717) is 0 Å². The third-order valence-corrected chi connectivity index (χ3v) is 11.6. The Morgan fingerprint density at radius 3 is 1.14 bits per heavy atom. The summed E-state index contributed by atoms with van der Waals surface area (Å²) in [5.41, 5.74) is 21.0. The molecule has 9 rings (SSSR count). The highest BCUT2D eigenvalue weighted by atomic mass is 14.4. The van der Waals surface area contributed by atoms with Crippen LogP contribution in [0.4, 0.5) is 0 Å². The zero-order chi connectivity index (χ0) is 35.0. The molecule has 8 aromatic carbocycles. The highest BCUT2D eigenvalue weighted by Gasteiger charge is 2.36. The lowest BCUT2D eigenvalue weighted by Gasteiger charge is -2.23. The molecular weight excluding hydrogens is 613 g/mol. The summed E-state index contributed by atoms with van der Waals surface area (Å²) in [7, 11) is 0. The molecule has 0 nitrogen and oxygen atoms in total. The lowest BCUT2D eigenvalue weighted by molar-refractivity contribution is 0.661. The van der Waals surface area contributed by atoms with E-state index in [9.17, 15) is 0 Å². The summed E-state index contributed by atoms with van der Waals surface area (Å²) in [6.07, 6.45) is 0. The molecule has 1 aliphatic rings. The molecule has 0 bridgehead atoms. The molecule has 0 unspecified atom stereocenters. The average molecular weight is 655 g/mol. The number of hydrogen-bond acceptors (Lipinski definition) is 0. The fourth-order valence-electron chi connectivity index (χ4n) is 8.83. The molecule has 1 aliphatic carbocycles. The predicted molar refractivity (Wildman–Crippen MR) is 220 cm³/mol. The molecule has 0 aromatic heterocycles. The van der Waals surface area contributed by atoms with Crippen molar-refractivity contribution in [3.05, 3.63) is 179 Å². The Labute approximate surface area is 302 Å². The summed E-state index contributed by atoms with van der Waals surface area (Å²) in [6, 6.07) is 54.6. The van der Waals surface area contributed by atoms with Crippen LogP contribution in [0.2, 0.25) is 0 Å². The summed E-state index contributed by atoms with van der Waals surface area (Å²) in [5.74, 6) is 0. The Morgan fingerprint density at radius 1 is 0.314 bits per heavy atom. The molecule has 0 heteroatoms. The second kappa shape index (κ2) is 11.7. The monoisotopic (exact) mass is 654 g/mol. The van der Waals surface area contributed by atoms with Crippen molar-refractivity contribution in [1.82, 2.24) is 0 Å². The van der Waals surface area contributed by atoms with Crippen LogP contribution < -0.4 is 0 Å². The van der Waals surface area contributed by atoms with Gasteiger partial charge in [-0.1, -0.05) is 147 Å². The van der Waals surface area contributed by atoms with Gasteiger partial charge in [0.1, 0.15) is 0 Å². The Bertz CT molecular complexity index is 2500. The van der Waals surface area contributed by atoms with E-state index in [-0.39, 0.29) is 5.41 Å². The molecule has 8 aromatic rings. The molecule has 0 amide bonds. The molecule has 246 valence electrons. The van der Waals surface area contributed by atoms with Gasteiger partial charge in [0, 0.05) is 5.41 Å². The molecule has 0 saturated heterocycles. The minimum Gasteiger partial charge on any atom is -0.0616 e. The van der Waals surface area contributed by atoms with Gasteiger partial charge in [0.05, 0.1) is 0 Å². The first-order chi connectivity index (χ1) is 24.7. The molecule has 0 N–H and O–H groups in total. The number of hydrogen-bond donors (Lipinski definition) is 0. The van der Waals surface area contributed by atoms with Crippen LogP contribution in [-0.2, 0) is 5.41 Å². The maximum Gasteiger partial charge on any atom is 0.0159 e. The van der Waals surface area contributed by atoms with Gasteiger partial charge in [0.25, 0.3) is 0 Å². The molecule has 0 aliphatic heterocycles. The lowest BCUT2D eigenvalue weighted by Crippen LogP contribution is -2.15. The van der Waals surface area contributed by atoms with Crippen LogP contribution in [0.5, 0.6) is 0 Å². The van der Waals surface area contributed by atoms with Crippen LogP contribution >= 0.6 is 0 Å². The number of rotatable bonds is 4. The van der Waals surface area contributed by atoms with E-state index in [1.807, 2.05) is 0 Å². The van der Waals surface area contributed by atoms with Crippen molar-refractivity contribution >= 4 is 21.5 Å². The quantitative estimate of drug-likeness (QED) is 0.177. The van der Waals surface area contributed by atoms with Crippen LogP contribution in [-0.4, -0.2) is 0 Å². The molecular formula is C51H42. The summed E-state index contributed by atoms with van der Waals surface area (Å²) >= 11 is 0. The van der Waals surface area contributed by atoms with Gasteiger partial charge in [-0.05, 0) is 150 Å². The van der Waals surface area contributed by atoms with Gasteiger partial charge < -0.3 is 0 Å². The van der Waals surface area contributed by atoms with E-state index in [2.05, 4.69) is 187 Å². The van der Waals surface area contributed by atoms with Gasteiger partial charge in [-0.15, -0.1) is 0 Å². The number of benzene rings is 8. The summed E-state index contributed by atoms with van der Waals surface area (Å²) < 4.78 is 0. The fourth-order valence-corrected chi connectivity index (χ4v) is 8.83. The first-order valence-corrected chi connectivity index (χ1v) is 18.2. The second-order valence-corrected chi connectivity index (χ2v) is 15.2. The van der Waals surface area contributed by atoms with Gasteiger partial charge in [0.2, 0.25) is 0 Å². The molecule has 0 saturated carbocycles. The fraction of sp³-hybridized carbons (Fsp3) is 0.137. The number of aryl methyl sites for hydroxylation is 4. The Morgan fingerprint density at radius 2 is 0.686 bits per heavy atom. The van der Waals surface area contributed by atoms with E-state index in [1.54, 1.807) is 0 Å². The SMILES string of the molecule is Cc1cc(-c2cccc3ccccc23)c(C)cc1-c1ccc2c(c1)C(C)(C)c1cc(-c3cc(C)c(-c4cccc5ccccc45)cc3C)ccc1-2. The predicted octanol–water partition coefficient (Wildman–Crippen LogP) is 14.2. The van der Waals surface area contributed by atoms with Crippen LogP contribution in [0.3, 0.4) is 0 Å². The van der Waals surface area contributed by atoms with Crippen molar-refractivity contribution in [3.8, 4) is 55.6 Å². The molecule has 0 radical (unpaired) electrons. The summed E-state index contributed by atoms with van der Waals surface area (Å²) in [6.45, 7) is 13.8. The molecule has 0 heterocycles. The van der Waals surface area contributed by atoms with Crippen molar-refractivity contribution in [2.45, 2.75) is 47.0 Å². The molecule has 0 atom stereocenters. The van der Waals surface area contributed by atoms with E-state index in [4.69, 9.17) is 0 Å². The summed E-state index contributed by atoms with van der Waals surface area (Å²) in [4.78, 5) is 0. The van der Waals surface area contributed by atoms with Crippen LogP contribution in [0.25, 0.3) is 77.2 Å². The van der Waals surface area contributed by atoms with Crippen molar-refractivity contribution in [1.29, 1.82) is 0 Å². The van der Waals surface area contributed by atoms with Crippen molar-refractivity contribution in [2.24, 2.45) is 0 Å². The summed E-state index contributed by atoms with van der Waals surface area (Å²) in [5, 5.41) is 5.17. The molecule has 0 fully saturated rings. The van der Waals surface area contributed by atoms with Crippen molar-refractivity contribution in [3.63, 3.8) is 0 Å². The van der Waals surface area contributed by atoms with Crippen LogP contribution in [0.15, 0.2) is 146 Å². The zero-order valence-electron chi connectivity index (χ0n) is 30.4. The van der Waals surface area contributed by atoms with Gasteiger partial charge >= 0.3 is 0 Å². The average Bonchev–Trinajstić information content (AvgIpc) is 3.37. The van der Waals surface area contributed by atoms with E-state index < -0.39 is 0 Å². The van der Waals surface area contributed by atoms with Crippen molar-refractivity contribution < 1.29 is 0 Å². The van der Waals surface area contributed by atoms with E-state index in [1.165, 1.54) is 111 Å². The highest BCUT2D eigenvalue weighted by Crippen LogP contribution is 2.51. The van der Waals surface area contributed by atoms with Gasteiger partial charge in [-0.2, -0.15) is 0 Å². The first kappa shape index (κ1) is 31.3. The van der Waals surface area contributed by atoms with Gasteiger partial charge in [-0.3, -0.25) is 0 Å². The first-order valence-electron chi connectivity index (χ1n) is 18.2. The number of fused-ring (bicyclic) bond motifs is 5. The maximum absolute atomic E-state index is 2.46. The normalized spacial score (nSPS) is 13.1. The zero-order valence-corrected chi connectivity index (χ0v) is 30.4. The third-order valence-electron chi connectivity index (χ3n) is 11.6. The van der Waals surface area contributed by atoms with E-state index >= 15 is 0 Å². The largest absolute Gasteiger partial charge is 0.0616 e. The molecule has 0 spiro atoms. The van der Waals surface area contributed by atoms with Crippen LogP contribution in [0, 0.1) is 27.7 Å². The van der Waals surface area contributed by atoms with Crippen LogP contribution in [0.1, 0.15) is 47.2 Å². The smallest absolute Gasteiger partial charge is 0.0159 e. The third kappa shape index (κ3) is 4.96. The Kier molecular flexibility index (Phi) is 7.16. The Hall–Kier alpha value is -5.72. The standard InChI is InChI=1S/C51H42/c1-31-27-47(41-19-11-15-35-13-7-9-17-39(35)41)33(3)25-45(31)37-21-23-43-44-24-22-38(30-50(44)51(5,6)49(43)29-37)46-26-34(4)48(28-32(46)2)42-20-12-16-36-14-8-10-18-40(36)42/h7-30H,1-6H3. The minimum atomic E-state index is -0.117. The second-order valence-electron chi connectivity index (χ2n) is 15.2. The van der Waals surface area contributed by atoms with Gasteiger partial charge in [-0.25, -0.2) is 0 Å². The van der Waals surface area contributed by atoms with Gasteiger partial charge in [0.15, 0.2) is 0 Å². The van der Waals surface area contributed by atoms with E-state index in [0.717, 1.165) is 0 Å².